The first kappa shape index (κ1) is 20.3. The molecule has 0 radical (unpaired) electrons. The van der Waals surface area contributed by atoms with Gasteiger partial charge < -0.3 is 5.32 Å². The number of carbonyl (C=O) groups is 2. The summed E-state index contributed by atoms with van der Waals surface area (Å²) in [5, 5.41) is 2.81. The summed E-state index contributed by atoms with van der Waals surface area (Å²) in [5.74, 6) is -0.311. The van der Waals surface area contributed by atoms with Crippen LogP contribution in [-0.4, -0.2) is 11.7 Å². The summed E-state index contributed by atoms with van der Waals surface area (Å²) >= 11 is 0. The fraction of sp³-hybridized carbons (Fsp3) is 0.154. The minimum atomic E-state index is -0.243. The van der Waals surface area contributed by atoms with Crippen molar-refractivity contribution in [1.29, 1.82) is 0 Å². The number of amides is 1. The maximum Gasteiger partial charge on any atom is 0.248 e. The van der Waals surface area contributed by atoms with E-state index in [-0.39, 0.29) is 17.1 Å². The van der Waals surface area contributed by atoms with Crippen LogP contribution in [0.25, 0.3) is 6.08 Å². The molecule has 0 spiro atoms. The van der Waals surface area contributed by atoms with Gasteiger partial charge in [-0.05, 0) is 34.8 Å². The lowest BCUT2D eigenvalue weighted by Crippen LogP contribution is -2.11. The predicted octanol–water partition coefficient (Wildman–Crippen LogP) is 5.87. The number of benzene rings is 3. The summed E-state index contributed by atoms with van der Waals surface area (Å²) in [6.45, 7) is 6.42. The second-order valence-electron chi connectivity index (χ2n) is 7.97. The first-order chi connectivity index (χ1) is 13.8. The van der Waals surface area contributed by atoms with E-state index in [0.717, 1.165) is 5.56 Å². The molecule has 0 heterocycles. The van der Waals surface area contributed by atoms with E-state index in [4.69, 9.17) is 0 Å². The van der Waals surface area contributed by atoms with Crippen LogP contribution in [0.2, 0.25) is 0 Å². The molecule has 29 heavy (non-hydrogen) atoms. The molecule has 146 valence electrons. The normalized spacial score (nSPS) is 11.4. The van der Waals surface area contributed by atoms with Gasteiger partial charge >= 0.3 is 0 Å². The Balaban J connectivity index is 1.71. The fourth-order valence-corrected chi connectivity index (χ4v) is 2.95. The molecule has 0 aromatic heterocycles. The van der Waals surface area contributed by atoms with E-state index >= 15 is 0 Å². The molecule has 0 unspecified atom stereocenters. The molecule has 0 fully saturated rings. The van der Waals surface area contributed by atoms with Gasteiger partial charge in [0.25, 0.3) is 0 Å². The molecular weight excluding hydrogens is 358 g/mol. The van der Waals surface area contributed by atoms with Crippen molar-refractivity contribution in [2.24, 2.45) is 0 Å². The lowest BCUT2D eigenvalue weighted by Gasteiger charge is -2.19. The lowest BCUT2D eigenvalue weighted by molar-refractivity contribution is -0.111. The minimum Gasteiger partial charge on any atom is -0.322 e. The third-order valence-corrected chi connectivity index (χ3v) is 4.63. The van der Waals surface area contributed by atoms with Gasteiger partial charge in [-0.3, -0.25) is 9.59 Å². The minimum absolute atomic E-state index is 0.0407. The van der Waals surface area contributed by atoms with E-state index in [9.17, 15) is 9.59 Å². The van der Waals surface area contributed by atoms with E-state index in [2.05, 4.69) is 26.1 Å². The highest BCUT2D eigenvalue weighted by Gasteiger charge is 2.15. The van der Waals surface area contributed by atoms with Crippen molar-refractivity contribution in [1.82, 2.24) is 0 Å². The number of hydrogen-bond acceptors (Lipinski definition) is 2. The van der Waals surface area contributed by atoms with Crippen molar-refractivity contribution in [2.45, 2.75) is 26.2 Å². The first-order valence-electron chi connectivity index (χ1n) is 9.62. The van der Waals surface area contributed by atoms with Gasteiger partial charge in [0.1, 0.15) is 0 Å². The van der Waals surface area contributed by atoms with Crippen LogP contribution in [0.1, 0.15) is 47.8 Å². The van der Waals surface area contributed by atoms with E-state index in [1.54, 1.807) is 30.3 Å². The quantitative estimate of drug-likeness (QED) is 0.442. The highest BCUT2D eigenvalue weighted by atomic mass is 16.1. The standard InChI is InChI=1S/C26H25NO2/c1-26(2,3)22-15-13-20(14-16-22)25(29)21-10-7-11-23(18-21)27-24(28)17-12-19-8-5-4-6-9-19/h4-18H,1-3H3,(H,27,28)/b17-12+. The molecular formula is C26H25NO2. The van der Waals surface area contributed by atoms with Crippen LogP contribution < -0.4 is 5.32 Å². The molecule has 0 aliphatic heterocycles. The number of ketones is 1. The molecule has 3 rings (SSSR count). The van der Waals surface area contributed by atoms with E-state index in [0.29, 0.717) is 16.8 Å². The molecule has 0 atom stereocenters. The average molecular weight is 383 g/mol. The first-order valence-corrected chi connectivity index (χ1v) is 9.62. The molecule has 1 N–H and O–H groups in total. The zero-order chi connectivity index (χ0) is 20.9. The van der Waals surface area contributed by atoms with Crippen LogP contribution in [0.4, 0.5) is 5.69 Å². The summed E-state index contributed by atoms with van der Waals surface area (Å²) < 4.78 is 0. The molecule has 0 saturated heterocycles. The van der Waals surface area contributed by atoms with Gasteiger partial charge in [-0.25, -0.2) is 0 Å². The van der Waals surface area contributed by atoms with Gasteiger partial charge in [-0.1, -0.05) is 87.5 Å². The number of hydrogen-bond donors (Lipinski definition) is 1. The van der Waals surface area contributed by atoms with Gasteiger partial charge in [0, 0.05) is 22.9 Å². The molecule has 3 nitrogen and oxygen atoms in total. The zero-order valence-electron chi connectivity index (χ0n) is 17.0. The van der Waals surface area contributed by atoms with Gasteiger partial charge in [-0.2, -0.15) is 0 Å². The molecule has 3 aromatic rings. The Hall–Kier alpha value is -3.46. The Morgan fingerprint density at radius 2 is 1.48 bits per heavy atom. The molecule has 0 saturated carbocycles. The van der Waals surface area contributed by atoms with Crippen molar-refractivity contribution < 1.29 is 9.59 Å². The van der Waals surface area contributed by atoms with Crippen molar-refractivity contribution >= 4 is 23.5 Å². The van der Waals surface area contributed by atoms with Crippen LogP contribution in [0.3, 0.4) is 0 Å². The van der Waals surface area contributed by atoms with Crippen LogP contribution >= 0.6 is 0 Å². The van der Waals surface area contributed by atoms with Crippen LogP contribution in [0, 0.1) is 0 Å². The Kier molecular flexibility index (Phi) is 6.08. The number of anilines is 1. The number of rotatable bonds is 5. The zero-order valence-corrected chi connectivity index (χ0v) is 17.0. The Labute approximate surface area is 172 Å². The summed E-state index contributed by atoms with van der Waals surface area (Å²) in [7, 11) is 0. The predicted molar refractivity (Wildman–Crippen MR) is 119 cm³/mol. The van der Waals surface area contributed by atoms with E-state index in [1.807, 2.05) is 54.6 Å². The summed E-state index contributed by atoms with van der Waals surface area (Å²) in [6, 6.07) is 24.3. The molecule has 3 aromatic carbocycles. The van der Waals surface area contributed by atoms with Gasteiger partial charge in [0.05, 0.1) is 0 Å². The topological polar surface area (TPSA) is 46.2 Å². The fourth-order valence-electron chi connectivity index (χ4n) is 2.95. The van der Waals surface area contributed by atoms with Gasteiger partial charge in [0.2, 0.25) is 5.91 Å². The Morgan fingerprint density at radius 3 is 2.14 bits per heavy atom. The van der Waals surface area contributed by atoms with E-state index in [1.165, 1.54) is 11.6 Å². The maximum absolute atomic E-state index is 12.8. The number of nitrogens with one attached hydrogen (secondary N) is 1. The Morgan fingerprint density at radius 1 is 0.793 bits per heavy atom. The molecule has 0 bridgehead atoms. The summed E-state index contributed by atoms with van der Waals surface area (Å²) in [6.07, 6.45) is 3.23. The largest absolute Gasteiger partial charge is 0.322 e. The van der Waals surface area contributed by atoms with Crippen molar-refractivity contribution in [3.8, 4) is 0 Å². The smallest absolute Gasteiger partial charge is 0.248 e. The van der Waals surface area contributed by atoms with Gasteiger partial charge in [0.15, 0.2) is 5.78 Å². The second-order valence-corrected chi connectivity index (χ2v) is 7.97. The van der Waals surface area contributed by atoms with Crippen LogP contribution in [0.5, 0.6) is 0 Å². The van der Waals surface area contributed by atoms with E-state index < -0.39 is 0 Å². The highest BCUT2D eigenvalue weighted by molar-refractivity contribution is 6.10. The summed E-state index contributed by atoms with van der Waals surface area (Å²) in [5.41, 5.74) is 3.93. The molecule has 1 amide bonds. The third kappa shape index (κ3) is 5.52. The van der Waals surface area contributed by atoms with Gasteiger partial charge in [-0.15, -0.1) is 0 Å². The lowest BCUT2D eigenvalue weighted by atomic mass is 9.86. The summed E-state index contributed by atoms with van der Waals surface area (Å²) in [4.78, 5) is 25.0. The molecule has 0 aliphatic carbocycles. The van der Waals surface area contributed by atoms with Crippen molar-refractivity contribution in [3.63, 3.8) is 0 Å². The third-order valence-electron chi connectivity index (χ3n) is 4.63. The monoisotopic (exact) mass is 383 g/mol. The Bertz CT molecular complexity index is 1030. The van der Waals surface area contributed by atoms with Crippen molar-refractivity contribution in [2.75, 3.05) is 5.32 Å². The van der Waals surface area contributed by atoms with Crippen LogP contribution in [-0.2, 0) is 10.2 Å². The maximum atomic E-state index is 12.8. The highest BCUT2D eigenvalue weighted by Crippen LogP contribution is 2.23. The molecule has 0 aliphatic rings. The molecule has 3 heteroatoms. The average Bonchev–Trinajstić information content (AvgIpc) is 2.72. The number of carbonyl (C=O) groups excluding carboxylic acids is 2. The second kappa shape index (κ2) is 8.70. The SMILES string of the molecule is CC(C)(C)c1ccc(C(=O)c2cccc(NC(=O)/C=C/c3ccccc3)c2)cc1. The van der Waals surface area contributed by atoms with Crippen molar-refractivity contribution in [3.05, 3.63) is 107 Å². The van der Waals surface area contributed by atoms with Crippen LogP contribution in [0.15, 0.2) is 84.9 Å².